The number of aliphatic imine (C=N–C) groups is 1. The number of nitrogens with one attached hydrogen (secondary N) is 3. The first-order valence-electron chi connectivity index (χ1n) is 6.04. The second-order valence-electron chi connectivity index (χ2n) is 4.10. The number of hydrogen-bond acceptors (Lipinski definition) is 4. The summed E-state index contributed by atoms with van der Waals surface area (Å²) in [5.74, 6) is 0.764. The number of rotatable bonds is 4. The minimum atomic E-state index is 0. The lowest BCUT2D eigenvalue weighted by Crippen LogP contribution is -2.36. The number of nitrogens with zero attached hydrogens (tertiary/aromatic N) is 3. The fraction of sp³-hybridized carbons (Fsp3) is 0.417. The molecule has 0 saturated carbocycles. The van der Waals surface area contributed by atoms with E-state index < -0.39 is 0 Å². The van der Waals surface area contributed by atoms with E-state index in [0.717, 1.165) is 28.9 Å². The van der Waals surface area contributed by atoms with Crippen molar-refractivity contribution in [2.24, 2.45) is 4.99 Å². The van der Waals surface area contributed by atoms with Gasteiger partial charge >= 0.3 is 0 Å². The fourth-order valence-electron chi connectivity index (χ4n) is 1.68. The summed E-state index contributed by atoms with van der Waals surface area (Å²) >= 11 is 1.71. The molecule has 0 fully saturated rings. The van der Waals surface area contributed by atoms with Gasteiger partial charge in [0.25, 0.3) is 0 Å². The number of aromatic nitrogens is 3. The van der Waals surface area contributed by atoms with Gasteiger partial charge < -0.3 is 10.6 Å². The standard InChI is InChI=1S/C12H18N6S.HI/c1-8-11(19-9(2)17-8)7-15-12(13-3)14-6-10-4-5-16-18-10;/h4-5H,6-7H2,1-3H3,(H,16,18)(H2,13,14,15);1H. The fourth-order valence-corrected chi connectivity index (χ4v) is 2.56. The predicted molar refractivity (Wildman–Crippen MR) is 92.6 cm³/mol. The van der Waals surface area contributed by atoms with Crippen molar-refractivity contribution < 1.29 is 0 Å². The van der Waals surface area contributed by atoms with E-state index in [2.05, 4.69) is 30.8 Å². The molecule has 3 N–H and O–H groups in total. The van der Waals surface area contributed by atoms with Crippen molar-refractivity contribution in [1.82, 2.24) is 25.8 Å². The average Bonchev–Trinajstić information content (AvgIpc) is 3.00. The molecule has 0 aliphatic rings. The van der Waals surface area contributed by atoms with E-state index in [4.69, 9.17) is 0 Å². The molecule has 0 aromatic carbocycles. The molecule has 2 aromatic heterocycles. The zero-order valence-electron chi connectivity index (χ0n) is 11.7. The van der Waals surface area contributed by atoms with Crippen LogP contribution >= 0.6 is 35.3 Å². The largest absolute Gasteiger partial charge is 0.351 e. The molecule has 2 heterocycles. The third kappa shape index (κ3) is 4.75. The Morgan fingerprint density at radius 2 is 2.10 bits per heavy atom. The van der Waals surface area contributed by atoms with E-state index in [1.807, 2.05) is 19.9 Å². The SMILES string of the molecule is CN=C(NCc1ccn[nH]1)NCc1sc(C)nc1C.I. The Bertz CT molecular complexity index is 548. The van der Waals surface area contributed by atoms with Crippen LogP contribution in [-0.2, 0) is 13.1 Å². The van der Waals surface area contributed by atoms with Crippen LogP contribution in [0.2, 0.25) is 0 Å². The lowest BCUT2D eigenvalue weighted by molar-refractivity contribution is 0.791. The van der Waals surface area contributed by atoms with E-state index >= 15 is 0 Å². The Morgan fingerprint density at radius 1 is 1.35 bits per heavy atom. The van der Waals surface area contributed by atoms with Gasteiger partial charge in [0.2, 0.25) is 0 Å². The Kier molecular flexibility index (Phi) is 6.93. The summed E-state index contributed by atoms with van der Waals surface area (Å²) in [6, 6.07) is 1.93. The van der Waals surface area contributed by atoms with Crippen LogP contribution in [0.3, 0.4) is 0 Å². The molecular formula is C12H19IN6S. The van der Waals surface area contributed by atoms with Gasteiger partial charge in [-0.2, -0.15) is 5.10 Å². The Balaban J connectivity index is 0.00000200. The molecule has 20 heavy (non-hydrogen) atoms. The quantitative estimate of drug-likeness (QED) is 0.412. The first-order valence-corrected chi connectivity index (χ1v) is 6.86. The molecular weight excluding hydrogens is 387 g/mol. The molecule has 0 bridgehead atoms. The van der Waals surface area contributed by atoms with E-state index in [1.165, 1.54) is 4.88 Å². The number of hydrogen-bond donors (Lipinski definition) is 3. The zero-order valence-corrected chi connectivity index (χ0v) is 14.9. The Morgan fingerprint density at radius 3 is 2.65 bits per heavy atom. The molecule has 2 aromatic rings. The highest BCUT2D eigenvalue weighted by atomic mass is 127. The van der Waals surface area contributed by atoms with Crippen LogP contribution < -0.4 is 10.6 Å². The van der Waals surface area contributed by atoms with Gasteiger partial charge in [0.05, 0.1) is 29.5 Å². The molecule has 0 aliphatic carbocycles. The van der Waals surface area contributed by atoms with Crippen LogP contribution in [0.15, 0.2) is 17.3 Å². The number of halogens is 1. The summed E-state index contributed by atoms with van der Waals surface area (Å²) in [5, 5.41) is 14.4. The third-order valence-corrected chi connectivity index (χ3v) is 3.72. The number of H-pyrrole nitrogens is 1. The normalized spacial score (nSPS) is 11.1. The maximum absolute atomic E-state index is 4.41. The van der Waals surface area contributed by atoms with Crippen LogP contribution in [-0.4, -0.2) is 28.2 Å². The highest BCUT2D eigenvalue weighted by Gasteiger charge is 2.05. The summed E-state index contributed by atoms with van der Waals surface area (Å²) in [5.41, 5.74) is 2.10. The van der Waals surface area contributed by atoms with Gasteiger partial charge in [-0.05, 0) is 19.9 Å². The number of aryl methyl sites for hydroxylation is 2. The van der Waals surface area contributed by atoms with Crippen molar-refractivity contribution in [3.8, 4) is 0 Å². The van der Waals surface area contributed by atoms with Gasteiger partial charge in [-0.15, -0.1) is 35.3 Å². The van der Waals surface area contributed by atoms with E-state index in [0.29, 0.717) is 6.54 Å². The lowest BCUT2D eigenvalue weighted by atomic mass is 10.4. The molecule has 0 saturated heterocycles. The molecule has 0 atom stereocenters. The van der Waals surface area contributed by atoms with Crippen LogP contribution in [0.4, 0.5) is 0 Å². The monoisotopic (exact) mass is 406 g/mol. The van der Waals surface area contributed by atoms with Crippen LogP contribution in [0.25, 0.3) is 0 Å². The summed E-state index contributed by atoms with van der Waals surface area (Å²) < 4.78 is 0. The summed E-state index contributed by atoms with van der Waals surface area (Å²) in [6.45, 7) is 5.45. The van der Waals surface area contributed by atoms with Gasteiger partial charge in [-0.25, -0.2) is 4.98 Å². The van der Waals surface area contributed by atoms with Gasteiger partial charge in [0, 0.05) is 18.1 Å². The number of aromatic amines is 1. The van der Waals surface area contributed by atoms with Crippen molar-refractivity contribution in [1.29, 1.82) is 0 Å². The molecule has 0 unspecified atom stereocenters. The van der Waals surface area contributed by atoms with Crippen molar-refractivity contribution in [3.63, 3.8) is 0 Å². The number of guanidine groups is 1. The van der Waals surface area contributed by atoms with Crippen molar-refractivity contribution >= 4 is 41.3 Å². The lowest BCUT2D eigenvalue weighted by Gasteiger charge is -2.10. The molecule has 8 heteroatoms. The highest BCUT2D eigenvalue weighted by Crippen LogP contribution is 2.16. The van der Waals surface area contributed by atoms with Crippen molar-refractivity contribution in [2.75, 3.05) is 7.05 Å². The molecule has 0 amide bonds. The molecule has 110 valence electrons. The van der Waals surface area contributed by atoms with E-state index in [-0.39, 0.29) is 24.0 Å². The van der Waals surface area contributed by atoms with Crippen LogP contribution in [0.1, 0.15) is 21.3 Å². The Labute approximate surface area is 139 Å². The molecule has 6 nitrogen and oxygen atoms in total. The summed E-state index contributed by atoms with van der Waals surface area (Å²) in [7, 11) is 1.76. The average molecular weight is 406 g/mol. The third-order valence-electron chi connectivity index (χ3n) is 2.64. The van der Waals surface area contributed by atoms with Crippen LogP contribution in [0.5, 0.6) is 0 Å². The van der Waals surface area contributed by atoms with Crippen molar-refractivity contribution in [3.05, 3.63) is 33.5 Å². The van der Waals surface area contributed by atoms with Gasteiger partial charge in [-0.1, -0.05) is 0 Å². The first kappa shape index (κ1) is 16.9. The van der Waals surface area contributed by atoms with Crippen molar-refractivity contribution in [2.45, 2.75) is 26.9 Å². The smallest absolute Gasteiger partial charge is 0.191 e. The highest BCUT2D eigenvalue weighted by molar-refractivity contribution is 14.0. The van der Waals surface area contributed by atoms with Gasteiger partial charge in [0.15, 0.2) is 5.96 Å². The van der Waals surface area contributed by atoms with E-state index in [9.17, 15) is 0 Å². The van der Waals surface area contributed by atoms with Gasteiger partial charge in [0.1, 0.15) is 0 Å². The van der Waals surface area contributed by atoms with Crippen LogP contribution in [0, 0.1) is 13.8 Å². The minimum absolute atomic E-state index is 0. The topological polar surface area (TPSA) is 78.0 Å². The van der Waals surface area contributed by atoms with E-state index in [1.54, 1.807) is 24.6 Å². The van der Waals surface area contributed by atoms with Gasteiger partial charge in [-0.3, -0.25) is 10.1 Å². The molecule has 2 rings (SSSR count). The zero-order chi connectivity index (χ0) is 13.7. The maximum Gasteiger partial charge on any atom is 0.191 e. The second kappa shape index (κ2) is 8.20. The Hall–Kier alpha value is -1.16. The molecule has 0 radical (unpaired) electrons. The molecule has 0 aliphatic heterocycles. The predicted octanol–water partition coefficient (Wildman–Crippen LogP) is 1.97. The minimum Gasteiger partial charge on any atom is -0.351 e. The second-order valence-corrected chi connectivity index (χ2v) is 5.39. The first-order chi connectivity index (χ1) is 9.19. The number of thiazole rings is 1. The summed E-state index contributed by atoms with van der Waals surface area (Å²) in [6.07, 6.45) is 1.73. The summed E-state index contributed by atoms with van der Waals surface area (Å²) in [4.78, 5) is 9.83. The molecule has 0 spiro atoms. The maximum atomic E-state index is 4.41.